The van der Waals surface area contributed by atoms with Gasteiger partial charge in [-0.15, -0.1) is 0 Å². The van der Waals surface area contributed by atoms with Crippen molar-refractivity contribution in [2.45, 2.75) is 65.0 Å². The predicted octanol–water partition coefficient (Wildman–Crippen LogP) is 2.82. The van der Waals surface area contributed by atoms with Gasteiger partial charge in [0.25, 0.3) is 0 Å². The van der Waals surface area contributed by atoms with Crippen molar-refractivity contribution >= 4 is 0 Å². The topological polar surface area (TPSA) is 18.5 Å². The molecule has 0 amide bonds. The minimum absolute atomic E-state index is 0.704. The quantitative estimate of drug-likeness (QED) is 0.813. The maximum absolute atomic E-state index is 3.80. The van der Waals surface area contributed by atoms with Crippen LogP contribution in [0.4, 0.5) is 0 Å². The summed E-state index contributed by atoms with van der Waals surface area (Å²) in [5.41, 5.74) is 0. The summed E-state index contributed by atoms with van der Waals surface area (Å²) >= 11 is 0. The molecule has 0 bridgehead atoms. The SMILES string of the molecule is CCC(C)C1CN(CCC2CCN(C)CC2)C(CC)CN1. The number of hydrogen-bond acceptors (Lipinski definition) is 3. The van der Waals surface area contributed by atoms with E-state index in [4.69, 9.17) is 0 Å². The van der Waals surface area contributed by atoms with Crippen LogP contribution < -0.4 is 5.32 Å². The molecule has 2 rings (SSSR count). The number of nitrogens with one attached hydrogen (secondary N) is 1. The van der Waals surface area contributed by atoms with Gasteiger partial charge in [-0.1, -0.05) is 27.2 Å². The lowest BCUT2D eigenvalue weighted by Crippen LogP contribution is -2.58. The first-order valence-electron chi connectivity index (χ1n) is 9.30. The summed E-state index contributed by atoms with van der Waals surface area (Å²) in [6.45, 7) is 13.5. The molecule has 1 N–H and O–H groups in total. The third kappa shape index (κ3) is 4.94. The number of rotatable bonds is 6. The molecule has 0 aromatic rings. The van der Waals surface area contributed by atoms with E-state index in [1.165, 1.54) is 64.8 Å². The third-order valence-electron chi connectivity index (χ3n) is 6.03. The standard InChI is InChI=1S/C18H37N3/c1-5-15(3)18-14-21(17(6-2)13-19-18)12-9-16-7-10-20(4)11-8-16/h15-19H,5-14H2,1-4H3. The first-order chi connectivity index (χ1) is 10.1. The monoisotopic (exact) mass is 295 g/mol. The van der Waals surface area contributed by atoms with E-state index < -0.39 is 0 Å². The summed E-state index contributed by atoms with van der Waals surface area (Å²) in [4.78, 5) is 5.28. The normalized spacial score (nSPS) is 31.4. The van der Waals surface area contributed by atoms with E-state index in [0.717, 1.165) is 17.9 Å². The number of nitrogens with zero attached hydrogens (tertiary/aromatic N) is 2. The first kappa shape index (κ1) is 17.2. The molecule has 124 valence electrons. The molecule has 0 aromatic carbocycles. The Morgan fingerprint density at radius 2 is 1.90 bits per heavy atom. The molecule has 3 nitrogen and oxygen atoms in total. The molecule has 0 aromatic heterocycles. The average Bonchev–Trinajstić information content (AvgIpc) is 2.53. The van der Waals surface area contributed by atoms with Crippen LogP contribution in [0.5, 0.6) is 0 Å². The Bertz CT molecular complexity index is 286. The largest absolute Gasteiger partial charge is 0.311 e. The Labute approximate surface area is 132 Å². The van der Waals surface area contributed by atoms with Crippen LogP contribution in [0.15, 0.2) is 0 Å². The van der Waals surface area contributed by atoms with Gasteiger partial charge in [-0.25, -0.2) is 0 Å². The Hall–Kier alpha value is -0.120. The average molecular weight is 296 g/mol. The molecule has 2 heterocycles. The molecule has 21 heavy (non-hydrogen) atoms. The second kappa shape index (κ2) is 8.50. The first-order valence-corrected chi connectivity index (χ1v) is 9.30. The van der Waals surface area contributed by atoms with Gasteiger partial charge in [-0.2, -0.15) is 0 Å². The van der Waals surface area contributed by atoms with Crippen LogP contribution in [-0.2, 0) is 0 Å². The molecule has 2 saturated heterocycles. The highest BCUT2D eigenvalue weighted by Crippen LogP contribution is 2.22. The highest BCUT2D eigenvalue weighted by Gasteiger charge is 2.29. The van der Waals surface area contributed by atoms with Crippen molar-refractivity contribution in [2.24, 2.45) is 11.8 Å². The minimum Gasteiger partial charge on any atom is -0.311 e. The molecule has 0 saturated carbocycles. The summed E-state index contributed by atoms with van der Waals surface area (Å²) in [6, 6.07) is 1.46. The highest BCUT2D eigenvalue weighted by molar-refractivity contribution is 4.88. The molecule has 2 aliphatic heterocycles. The summed E-state index contributed by atoms with van der Waals surface area (Å²) in [6.07, 6.45) is 6.81. The van der Waals surface area contributed by atoms with E-state index in [0.29, 0.717) is 6.04 Å². The number of hydrogen-bond donors (Lipinski definition) is 1. The summed E-state index contributed by atoms with van der Waals surface area (Å²) in [5, 5.41) is 3.80. The smallest absolute Gasteiger partial charge is 0.0221 e. The van der Waals surface area contributed by atoms with Crippen molar-refractivity contribution in [1.82, 2.24) is 15.1 Å². The van der Waals surface area contributed by atoms with Gasteiger partial charge in [0, 0.05) is 25.2 Å². The van der Waals surface area contributed by atoms with Crippen molar-refractivity contribution in [2.75, 3.05) is 39.8 Å². The molecule has 0 radical (unpaired) electrons. The van der Waals surface area contributed by atoms with Gasteiger partial charge in [0.1, 0.15) is 0 Å². The minimum atomic E-state index is 0.704. The lowest BCUT2D eigenvalue weighted by Gasteiger charge is -2.43. The second-order valence-electron chi connectivity index (χ2n) is 7.49. The molecule has 0 aliphatic carbocycles. The molecule has 3 atom stereocenters. The fourth-order valence-electron chi connectivity index (χ4n) is 3.92. The Kier molecular flexibility index (Phi) is 6.97. The van der Waals surface area contributed by atoms with Gasteiger partial charge in [-0.05, 0) is 64.2 Å². The lowest BCUT2D eigenvalue weighted by atomic mass is 9.91. The van der Waals surface area contributed by atoms with Gasteiger partial charge < -0.3 is 10.2 Å². The van der Waals surface area contributed by atoms with E-state index in [-0.39, 0.29) is 0 Å². The zero-order chi connectivity index (χ0) is 15.2. The maximum Gasteiger partial charge on any atom is 0.0221 e. The van der Waals surface area contributed by atoms with Gasteiger partial charge in [0.05, 0.1) is 0 Å². The van der Waals surface area contributed by atoms with Crippen LogP contribution in [0.2, 0.25) is 0 Å². The van der Waals surface area contributed by atoms with Crippen LogP contribution in [0.3, 0.4) is 0 Å². The number of piperazine rings is 1. The molecule has 2 fully saturated rings. The van der Waals surface area contributed by atoms with Gasteiger partial charge in [0.15, 0.2) is 0 Å². The van der Waals surface area contributed by atoms with Crippen molar-refractivity contribution in [3.05, 3.63) is 0 Å². The Morgan fingerprint density at radius 3 is 2.52 bits per heavy atom. The summed E-state index contributed by atoms with van der Waals surface area (Å²) < 4.78 is 0. The van der Waals surface area contributed by atoms with Crippen LogP contribution in [0.1, 0.15) is 52.9 Å². The maximum atomic E-state index is 3.80. The fraction of sp³-hybridized carbons (Fsp3) is 1.00. The molecular formula is C18H37N3. The molecule has 3 heteroatoms. The van der Waals surface area contributed by atoms with Crippen LogP contribution >= 0.6 is 0 Å². The number of likely N-dealkylation sites (tertiary alicyclic amines) is 1. The van der Waals surface area contributed by atoms with E-state index in [1.54, 1.807) is 0 Å². The van der Waals surface area contributed by atoms with Gasteiger partial charge in [0.2, 0.25) is 0 Å². The van der Waals surface area contributed by atoms with Crippen molar-refractivity contribution in [3.63, 3.8) is 0 Å². The summed E-state index contributed by atoms with van der Waals surface area (Å²) in [5.74, 6) is 1.77. The van der Waals surface area contributed by atoms with Crippen LogP contribution in [0, 0.1) is 11.8 Å². The zero-order valence-corrected chi connectivity index (χ0v) is 14.8. The van der Waals surface area contributed by atoms with Crippen LogP contribution in [-0.4, -0.2) is 61.7 Å². The van der Waals surface area contributed by atoms with Crippen molar-refractivity contribution in [3.8, 4) is 0 Å². The number of piperidine rings is 1. The highest BCUT2D eigenvalue weighted by atomic mass is 15.2. The summed E-state index contributed by atoms with van der Waals surface area (Å²) in [7, 11) is 2.26. The van der Waals surface area contributed by atoms with E-state index >= 15 is 0 Å². The van der Waals surface area contributed by atoms with Crippen molar-refractivity contribution < 1.29 is 0 Å². The van der Waals surface area contributed by atoms with Crippen molar-refractivity contribution in [1.29, 1.82) is 0 Å². The fourth-order valence-corrected chi connectivity index (χ4v) is 3.92. The second-order valence-corrected chi connectivity index (χ2v) is 7.49. The van der Waals surface area contributed by atoms with Gasteiger partial charge >= 0.3 is 0 Å². The van der Waals surface area contributed by atoms with E-state index in [9.17, 15) is 0 Å². The van der Waals surface area contributed by atoms with Gasteiger partial charge in [-0.3, -0.25) is 4.90 Å². The third-order valence-corrected chi connectivity index (χ3v) is 6.03. The Balaban J connectivity index is 1.80. The Morgan fingerprint density at radius 1 is 1.19 bits per heavy atom. The van der Waals surface area contributed by atoms with E-state index in [1.807, 2.05) is 0 Å². The zero-order valence-electron chi connectivity index (χ0n) is 14.8. The molecule has 3 unspecified atom stereocenters. The molecule has 2 aliphatic rings. The molecular weight excluding hydrogens is 258 g/mol. The van der Waals surface area contributed by atoms with Crippen LogP contribution in [0.25, 0.3) is 0 Å². The van der Waals surface area contributed by atoms with E-state index in [2.05, 4.69) is 42.9 Å². The predicted molar refractivity (Wildman–Crippen MR) is 91.7 cm³/mol. The lowest BCUT2D eigenvalue weighted by molar-refractivity contribution is 0.0934. The molecule has 0 spiro atoms.